The predicted octanol–water partition coefficient (Wildman–Crippen LogP) is 5.55. The molecule has 1 amide bonds. The van der Waals surface area contributed by atoms with Crippen molar-refractivity contribution in [2.75, 3.05) is 52.6 Å². The summed E-state index contributed by atoms with van der Waals surface area (Å²) in [4.78, 5) is 29.6. The average molecular weight is 889 g/mol. The number of rotatable bonds is 7. The monoisotopic (exact) mass is 888 g/mol. The van der Waals surface area contributed by atoms with Crippen molar-refractivity contribution in [3.05, 3.63) is 83.5 Å². The van der Waals surface area contributed by atoms with Crippen molar-refractivity contribution in [3.63, 3.8) is 0 Å². The molecule has 2 aliphatic heterocycles. The summed E-state index contributed by atoms with van der Waals surface area (Å²) in [6.07, 6.45) is -14.0. The maximum atomic E-state index is 13.0. The van der Waals surface area contributed by atoms with Crippen molar-refractivity contribution in [3.8, 4) is 22.8 Å². The molecule has 4 aromatic rings. The van der Waals surface area contributed by atoms with E-state index in [4.69, 9.17) is 20.4 Å². The second kappa shape index (κ2) is 20.1. The molecule has 0 aliphatic carbocycles. The molecule has 0 spiro atoms. The molecule has 61 heavy (non-hydrogen) atoms. The van der Waals surface area contributed by atoms with Gasteiger partial charge in [0.1, 0.15) is 12.7 Å². The first-order valence-corrected chi connectivity index (χ1v) is 17.1. The molecule has 0 bridgehead atoms. The summed E-state index contributed by atoms with van der Waals surface area (Å²) < 4.78 is 167. The number of nitrogens with two attached hydrogens (primary N) is 1. The Morgan fingerprint density at radius 2 is 0.967 bits per heavy atom. The number of hydrogen-bond acceptors (Lipinski definition) is 11. The Balaban J connectivity index is 0.000000235. The smallest absolute Gasteiger partial charge is 0.416 e. The number of carbonyl (C=O) groups excluding carboxylic acids is 1. The van der Waals surface area contributed by atoms with E-state index in [0.717, 1.165) is 60.6 Å². The van der Waals surface area contributed by atoms with Crippen LogP contribution in [0.15, 0.2) is 61.2 Å². The molecule has 2 aliphatic rings. The van der Waals surface area contributed by atoms with Gasteiger partial charge in [-0.3, -0.25) is 16.1 Å². The fourth-order valence-corrected chi connectivity index (χ4v) is 4.86. The van der Waals surface area contributed by atoms with Crippen LogP contribution >= 0.6 is 0 Å². The SMILES string of the molecule is NN1CCOCC1.O=C(/C=C\n1cnc(-c2cc(C(F)(F)F)cc(C(F)(F)F)c2)n1)NN1CCOCC1.O=C(O)/C=C\n1cnc(-c2cc(C(F)(F)F)cc(C(F)(F)F)c2)n1. The van der Waals surface area contributed by atoms with E-state index in [2.05, 4.69) is 25.6 Å². The van der Waals surface area contributed by atoms with Crippen LogP contribution in [0.3, 0.4) is 0 Å². The summed E-state index contributed by atoms with van der Waals surface area (Å²) in [7, 11) is 0. The molecule has 4 heterocycles. The maximum absolute atomic E-state index is 13.0. The van der Waals surface area contributed by atoms with Crippen LogP contribution in [0.4, 0.5) is 52.7 Å². The van der Waals surface area contributed by atoms with Gasteiger partial charge in [0.15, 0.2) is 11.6 Å². The molecule has 0 radical (unpaired) electrons. The number of aliphatic carboxylic acids is 1. The van der Waals surface area contributed by atoms with Crippen LogP contribution in [-0.4, -0.2) is 109 Å². The van der Waals surface area contributed by atoms with Gasteiger partial charge in [-0.15, -0.1) is 10.2 Å². The number of carboxylic acid groups (broad SMARTS) is 1. The van der Waals surface area contributed by atoms with Crippen molar-refractivity contribution in [2.45, 2.75) is 24.7 Å². The number of ether oxygens (including phenoxy) is 2. The number of carbonyl (C=O) groups is 2. The van der Waals surface area contributed by atoms with Crippen LogP contribution in [0, 0.1) is 0 Å². The van der Waals surface area contributed by atoms with Gasteiger partial charge in [-0.05, 0) is 36.4 Å². The third-order valence-electron chi connectivity index (χ3n) is 7.78. The zero-order valence-electron chi connectivity index (χ0n) is 30.9. The Morgan fingerprint density at radius 1 is 0.607 bits per heavy atom. The Bertz CT molecular complexity index is 2090. The largest absolute Gasteiger partial charge is 0.478 e. The molecule has 2 aromatic carbocycles. The number of aromatic nitrogens is 6. The summed E-state index contributed by atoms with van der Waals surface area (Å²) in [6.45, 7) is 5.27. The van der Waals surface area contributed by atoms with Crippen molar-refractivity contribution >= 4 is 24.3 Å². The van der Waals surface area contributed by atoms with E-state index in [1.807, 2.05) is 0 Å². The van der Waals surface area contributed by atoms with Crippen LogP contribution in [0.2, 0.25) is 0 Å². The zero-order chi connectivity index (χ0) is 45.2. The standard InChI is InChI=1S/C17H15F6N5O2.C13H7F6N3O2.C4H10N2O/c18-16(19,20)12-7-11(8-13(9-12)17(21,22)23)15-24-10-28(26-15)2-1-14(29)25-27-3-5-30-6-4-27;14-12(15,16)8-3-7(4-9(5-8)13(17,18)19)11-20-6-22(21-11)2-1-10(23)24;5-6-1-3-7-4-2-6/h1-2,7-10H,3-6H2,(H,25,29);1-6H,(H,23,24);1-5H2/b2*2-1-;. The molecular formula is C34H32F12N10O5. The summed E-state index contributed by atoms with van der Waals surface area (Å²) in [5.41, 5.74) is -4.29. The molecule has 0 atom stereocenters. The number of hydrogen-bond donors (Lipinski definition) is 3. The highest BCUT2D eigenvalue weighted by Gasteiger charge is 2.38. The molecule has 15 nitrogen and oxygen atoms in total. The van der Waals surface area contributed by atoms with E-state index in [9.17, 15) is 62.3 Å². The first-order valence-electron chi connectivity index (χ1n) is 17.1. The second-order valence-electron chi connectivity index (χ2n) is 12.4. The normalized spacial score (nSPS) is 15.9. The minimum atomic E-state index is -4.98. The number of nitrogens with zero attached hydrogens (tertiary/aromatic N) is 8. The summed E-state index contributed by atoms with van der Waals surface area (Å²) in [5.74, 6) is 2.81. The van der Waals surface area contributed by atoms with Gasteiger partial charge >= 0.3 is 30.7 Å². The van der Waals surface area contributed by atoms with Gasteiger partial charge in [0.05, 0.1) is 48.7 Å². The van der Waals surface area contributed by atoms with E-state index in [0.29, 0.717) is 56.6 Å². The van der Waals surface area contributed by atoms with Gasteiger partial charge < -0.3 is 14.6 Å². The van der Waals surface area contributed by atoms with Crippen LogP contribution in [-0.2, 0) is 43.8 Å². The molecule has 0 unspecified atom stereocenters. The Labute approximate surface area is 335 Å². The number of carboxylic acids is 1. The topological polar surface area (TPSA) is 179 Å². The van der Waals surface area contributed by atoms with Crippen LogP contribution in [0.5, 0.6) is 0 Å². The minimum Gasteiger partial charge on any atom is -0.478 e. The van der Waals surface area contributed by atoms with Gasteiger partial charge in [0.25, 0.3) is 5.91 Å². The van der Waals surface area contributed by atoms with E-state index < -0.39 is 75.8 Å². The maximum Gasteiger partial charge on any atom is 0.416 e. The second-order valence-corrected chi connectivity index (χ2v) is 12.4. The number of benzene rings is 2. The number of alkyl halides is 12. The fourth-order valence-electron chi connectivity index (χ4n) is 4.86. The quantitative estimate of drug-likeness (QED) is 0.120. The van der Waals surface area contributed by atoms with Gasteiger partial charge in [0, 0.05) is 61.9 Å². The molecular weight excluding hydrogens is 856 g/mol. The lowest BCUT2D eigenvalue weighted by Crippen LogP contribution is -2.47. The average Bonchev–Trinajstić information content (AvgIpc) is 3.87. The lowest BCUT2D eigenvalue weighted by atomic mass is 10.0. The molecule has 4 N–H and O–H groups in total. The number of morpholine rings is 2. The highest BCUT2D eigenvalue weighted by Crippen LogP contribution is 2.39. The third-order valence-corrected chi connectivity index (χ3v) is 7.78. The van der Waals surface area contributed by atoms with E-state index >= 15 is 0 Å². The van der Waals surface area contributed by atoms with Crippen molar-refractivity contribution in [2.24, 2.45) is 5.84 Å². The van der Waals surface area contributed by atoms with Crippen molar-refractivity contribution < 1.29 is 76.9 Å². The zero-order valence-corrected chi connectivity index (χ0v) is 30.9. The van der Waals surface area contributed by atoms with E-state index in [1.54, 1.807) is 10.0 Å². The van der Waals surface area contributed by atoms with Gasteiger partial charge in [-0.25, -0.2) is 34.1 Å². The fraction of sp³-hybridized carbons (Fsp3) is 0.353. The van der Waals surface area contributed by atoms with Gasteiger partial charge in [-0.2, -0.15) is 52.7 Å². The first-order chi connectivity index (χ1) is 28.4. The molecule has 2 saturated heterocycles. The van der Waals surface area contributed by atoms with Crippen molar-refractivity contribution in [1.29, 1.82) is 0 Å². The summed E-state index contributed by atoms with van der Waals surface area (Å²) in [6, 6.07) is 2.04. The Kier molecular flexibility index (Phi) is 15.7. The highest BCUT2D eigenvalue weighted by molar-refractivity contribution is 5.89. The number of halogens is 12. The van der Waals surface area contributed by atoms with Gasteiger partial charge in [-0.1, -0.05) is 0 Å². The summed E-state index contributed by atoms with van der Waals surface area (Å²) >= 11 is 0. The number of nitrogens with one attached hydrogen (secondary N) is 1. The first kappa shape index (κ1) is 47.8. The molecule has 2 fully saturated rings. The summed E-state index contributed by atoms with van der Waals surface area (Å²) in [5, 5.41) is 19.3. The Hall–Kier alpha value is -5.90. The van der Waals surface area contributed by atoms with Crippen LogP contribution in [0.25, 0.3) is 35.2 Å². The van der Waals surface area contributed by atoms with Crippen LogP contribution in [0.1, 0.15) is 22.3 Å². The molecule has 0 saturated carbocycles. The predicted molar refractivity (Wildman–Crippen MR) is 186 cm³/mol. The highest BCUT2D eigenvalue weighted by atomic mass is 19.4. The minimum absolute atomic E-state index is 0.00910. The molecule has 6 rings (SSSR count). The molecule has 2 aromatic heterocycles. The van der Waals surface area contributed by atoms with Gasteiger partial charge in [0.2, 0.25) is 0 Å². The third kappa shape index (κ3) is 15.3. The molecule has 332 valence electrons. The van der Waals surface area contributed by atoms with E-state index in [1.165, 1.54) is 6.20 Å². The van der Waals surface area contributed by atoms with Crippen molar-refractivity contribution in [1.82, 2.24) is 45.0 Å². The number of hydrazine groups is 2. The lowest BCUT2D eigenvalue weighted by Gasteiger charge is -2.26. The number of amides is 1. The van der Waals surface area contributed by atoms with Crippen LogP contribution < -0.4 is 11.3 Å². The lowest BCUT2D eigenvalue weighted by molar-refractivity contribution is -0.144. The van der Waals surface area contributed by atoms with E-state index in [-0.39, 0.29) is 18.0 Å². The molecule has 27 heteroatoms. The Morgan fingerprint density at radius 3 is 1.30 bits per heavy atom.